The van der Waals surface area contributed by atoms with Gasteiger partial charge in [0.05, 0.1) is 0 Å². The lowest BCUT2D eigenvalue weighted by atomic mass is 10.2. The highest BCUT2D eigenvalue weighted by Gasteiger charge is 2.02. The molecule has 0 N–H and O–H groups in total. The SMILES string of the molecule is CC=C(Oc1ccc(Cl)cc1)c1ccccc1. The van der Waals surface area contributed by atoms with Gasteiger partial charge in [0.15, 0.2) is 0 Å². The van der Waals surface area contributed by atoms with Gasteiger partial charge in [-0.2, -0.15) is 0 Å². The third-order valence-electron chi connectivity index (χ3n) is 2.36. The van der Waals surface area contributed by atoms with Crippen molar-refractivity contribution in [3.05, 3.63) is 71.3 Å². The minimum atomic E-state index is 0.707. The van der Waals surface area contributed by atoms with Crippen LogP contribution in [-0.2, 0) is 0 Å². The van der Waals surface area contributed by atoms with Crippen molar-refractivity contribution in [3.8, 4) is 5.75 Å². The Hall–Kier alpha value is -1.73. The fourth-order valence-corrected chi connectivity index (χ4v) is 1.64. The van der Waals surface area contributed by atoms with Crippen LogP contribution in [0.4, 0.5) is 0 Å². The molecule has 0 radical (unpaired) electrons. The molecule has 0 unspecified atom stereocenters. The molecule has 0 saturated heterocycles. The quantitative estimate of drug-likeness (QED) is 0.706. The zero-order valence-corrected chi connectivity index (χ0v) is 10.3. The van der Waals surface area contributed by atoms with Gasteiger partial charge in [0.25, 0.3) is 0 Å². The van der Waals surface area contributed by atoms with Gasteiger partial charge in [-0.15, -0.1) is 0 Å². The highest BCUT2D eigenvalue weighted by atomic mass is 35.5. The maximum absolute atomic E-state index is 5.83. The predicted octanol–water partition coefficient (Wildman–Crippen LogP) is 4.78. The lowest BCUT2D eigenvalue weighted by Crippen LogP contribution is -1.94. The molecule has 2 aromatic rings. The standard InChI is InChI=1S/C15H13ClO/c1-2-15(12-6-4-3-5-7-12)17-14-10-8-13(16)9-11-14/h2-11H,1H3. The van der Waals surface area contributed by atoms with E-state index in [-0.39, 0.29) is 0 Å². The van der Waals surface area contributed by atoms with Gasteiger partial charge in [-0.3, -0.25) is 0 Å². The van der Waals surface area contributed by atoms with E-state index in [1.54, 1.807) is 0 Å². The van der Waals surface area contributed by atoms with Crippen LogP contribution in [0.2, 0.25) is 5.02 Å². The summed E-state index contributed by atoms with van der Waals surface area (Å²) in [6.45, 7) is 1.96. The molecule has 1 nitrogen and oxygen atoms in total. The Morgan fingerprint density at radius 2 is 1.65 bits per heavy atom. The van der Waals surface area contributed by atoms with Crippen LogP contribution < -0.4 is 4.74 Å². The molecule has 0 aliphatic rings. The molecule has 2 rings (SSSR count). The molecule has 2 aromatic carbocycles. The Morgan fingerprint density at radius 3 is 2.24 bits per heavy atom. The second-order valence-corrected chi connectivity index (χ2v) is 4.01. The first-order valence-electron chi connectivity index (χ1n) is 5.45. The molecule has 17 heavy (non-hydrogen) atoms. The van der Waals surface area contributed by atoms with Gasteiger partial charge in [0.2, 0.25) is 0 Å². The van der Waals surface area contributed by atoms with E-state index >= 15 is 0 Å². The van der Waals surface area contributed by atoms with Crippen molar-refractivity contribution in [3.63, 3.8) is 0 Å². The van der Waals surface area contributed by atoms with Crippen molar-refractivity contribution in [2.75, 3.05) is 0 Å². The molecule has 86 valence electrons. The van der Waals surface area contributed by atoms with Gasteiger partial charge < -0.3 is 4.74 Å². The van der Waals surface area contributed by atoms with E-state index in [1.807, 2.05) is 67.6 Å². The molecular weight excluding hydrogens is 232 g/mol. The Morgan fingerprint density at radius 1 is 1.00 bits per heavy atom. The fraction of sp³-hybridized carbons (Fsp3) is 0.0667. The van der Waals surface area contributed by atoms with E-state index in [0.29, 0.717) is 5.02 Å². The van der Waals surface area contributed by atoms with Crippen molar-refractivity contribution < 1.29 is 4.74 Å². The summed E-state index contributed by atoms with van der Waals surface area (Å²) < 4.78 is 5.81. The molecule has 0 aliphatic carbocycles. The lowest BCUT2D eigenvalue weighted by molar-refractivity contribution is 0.514. The third kappa shape index (κ3) is 3.11. The number of rotatable bonds is 3. The van der Waals surface area contributed by atoms with E-state index in [9.17, 15) is 0 Å². The summed E-state index contributed by atoms with van der Waals surface area (Å²) in [6, 6.07) is 17.3. The minimum Gasteiger partial charge on any atom is -0.457 e. The van der Waals surface area contributed by atoms with Crippen LogP contribution in [0.1, 0.15) is 12.5 Å². The van der Waals surface area contributed by atoms with Crippen molar-refractivity contribution in [2.24, 2.45) is 0 Å². The maximum Gasteiger partial charge on any atom is 0.130 e. The molecule has 0 amide bonds. The second-order valence-electron chi connectivity index (χ2n) is 3.57. The summed E-state index contributed by atoms with van der Waals surface area (Å²) in [5.74, 6) is 1.62. The summed E-state index contributed by atoms with van der Waals surface area (Å²) in [4.78, 5) is 0. The second kappa shape index (κ2) is 5.55. The molecule has 0 aliphatic heterocycles. The van der Waals surface area contributed by atoms with Crippen molar-refractivity contribution in [2.45, 2.75) is 6.92 Å². The largest absolute Gasteiger partial charge is 0.457 e. The van der Waals surface area contributed by atoms with Crippen LogP contribution in [0.5, 0.6) is 5.75 Å². The fourth-order valence-electron chi connectivity index (χ4n) is 1.52. The topological polar surface area (TPSA) is 9.23 Å². The van der Waals surface area contributed by atoms with Crippen LogP contribution >= 0.6 is 11.6 Å². The molecule has 0 spiro atoms. The van der Waals surface area contributed by atoms with Gasteiger partial charge in [-0.05, 0) is 37.3 Å². The minimum absolute atomic E-state index is 0.707. The zero-order chi connectivity index (χ0) is 12.1. The number of benzene rings is 2. The smallest absolute Gasteiger partial charge is 0.130 e. The van der Waals surface area contributed by atoms with E-state index < -0.39 is 0 Å². The van der Waals surface area contributed by atoms with Crippen molar-refractivity contribution in [1.82, 2.24) is 0 Å². The Bertz CT molecular complexity index is 500. The average molecular weight is 245 g/mol. The number of allylic oxidation sites excluding steroid dienone is 1. The summed E-state index contributed by atoms with van der Waals surface area (Å²) in [7, 11) is 0. The number of halogens is 1. The highest BCUT2D eigenvalue weighted by Crippen LogP contribution is 2.22. The summed E-state index contributed by atoms with van der Waals surface area (Å²) in [6.07, 6.45) is 1.95. The van der Waals surface area contributed by atoms with Crippen LogP contribution in [0.3, 0.4) is 0 Å². The number of ether oxygens (including phenoxy) is 1. The van der Waals surface area contributed by atoms with Crippen LogP contribution in [-0.4, -0.2) is 0 Å². The first-order chi connectivity index (χ1) is 8.29. The van der Waals surface area contributed by atoms with E-state index in [1.165, 1.54) is 0 Å². The summed E-state index contributed by atoms with van der Waals surface area (Å²) >= 11 is 5.83. The zero-order valence-electron chi connectivity index (χ0n) is 9.56. The predicted molar refractivity (Wildman–Crippen MR) is 72.2 cm³/mol. The molecule has 0 saturated carbocycles. The van der Waals surface area contributed by atoms with E-state index in [0.717, 1.165) is 17.1 Å². The van der Waals surface area contributed by atoms with Crippen LogP contribution in [0.15, 0.2) is 60.7 Å². The lowest BCUT2D eigenvalue weighted by Gasteiger charge is -2.09. The average Bonchev–Trinajstić information content (AvgIpc) is 2.39. The number of hydrogen-bond donors (Lipinski definition) is 0. The van der Waals surface area contributed by atoms with Gasteiger partial charge in [-0.25, -0.2) is 0 Å². The van der Waals surface area contributed by atoms with E-state index in [4.69, 9.17) is 16.3 Å². The first-order valence-corrected chi connectivity index (χ1v) is 5.82. The Labute approximate surface area is 106 Å². The molecule has 0 heterocycles. The molecule has 2 heteroatoms. The normalized spacial score (nSPS) is 11.3. The van der Waals surface area contributed by atoms with Crippen molar-refractivity contribution in [1.29, 1.82) is 0 Å². The van der Waals surface area contributed by atoms with E-state index in [2.05, 4.69) is 0 Å². The van der Waals surface area contributed by atoms with Gasteiger partial charge in [0, 0.05) is 10.6 Å². The Kier molecular flexibility index (Phi) is 3.84. The monoisotopic (exact) mass is 244 g/mol. The maximum atomic E-state index is 5.83. The van der Waals surface area contributed by atoms with Crippen LogP contribution in [0, 0.1) is 0 Å². The molecular formula is C15H13ClO. The molecule has 0 atom stereocenters. The number of hydrogen-bond acceptors (Lipinski definition) is 1. The van der Waals surface area contributed by atoms with Crippen LogP contribution in [0.25, 0.3) is 5.76 Å². The van der Waals surface area contributed by atoms with Crippen molar-refractivity contribution >= 4 is 17.4 Å². The Balaban J connectivity index is 2.19. The highest BCUT2D eigenvalue weighted by molar-refractivity contribution is 6.30. The third-order valence-corrected chi connectivity index (χ3v) is 2.61. The van der Waals surface area contributed by atoms with Gasteiger partial charge in [-0.1, -0.05) is 41.9 Å². The first kappa shape index (κ1) is 11.7. The molecule has 0 fully saturated rings. The summed E-state index contributed by atoms with van der Waals surface area (Å²) in [5, 5.41) is 0.707. The molecule has 0 bridgehead atoms. The summed E-state index contributed by atoms with van der Waals surface area (Å²) in [5.41, 5.74) is 1.06. The molecule has 0 aromatic heterocycles. The van der Waals surface area contributed by atoms with Gasteiger partial charge >= 0.3 is 0 Å². The van der Waals surface area contributed by atoms with Gasteiger partial charge in [0.1, 0.15) is 11.5 Å².